The van der Waals surface area contributed by atoms with Crippen LogP contribution in [0.25, 0.3) is 0 Å². The third-order valence-electron chi connectivity index (χ3n) is 2.19. The maximum atomic E-state index is 11.2. The van der Waals surface area contributed by atoms with Gasteiger partial charge in [0.1, 0.15) is 6.23 Å². The van der Waals surface area contributed by atoms with Crippen LogP contribution < -0.4 is 4.90 Å². The van der Waals surface area contributed by atoms with E-state index in [9.17, 15) is 9.90 Å². The van der Waals surface area contributed by atoms with Crippen LogP contribution >= 0.6 is 0 Å². The molecule has 0 spiro atoms. The molecule has 0 aromatic heterocycles. The molecule has 0 bridgehead atoms. The number of hydrogen-bond acceptors (Lipinski definition) is 3. The molecule has 72 valence electrons. The number of ketones is 1. The Bertz CT molecular complexity index is 359. The molecule has 1 aromatic rings. The summed E-state index contributed by atoms with van der Waals surface area (Å²) in [5.74, 6) is 0.0131. The van der Waals surface area contributed by atoms with Crippen LogP contribution in [0.2, 0.25) is 0 Å². The lowest BCUT2D eigenvalue weighted by Crippen LogP contribution is -2.40. The molecule has 2 rings (SSSR count). The second-order valence-corrected chi connectivity index (χ2v) is 3.20. The minimum absolute atomic E-state index is 0.0131. The standard InChI is InChI=1S/C11H11NO2/c13-10-6-7-11(14)12(8-10)9-4-2-1-3-5-9/h1-7,11,14H,8H2. The Kier molecular flexibility index (Phi) is 2.33. The highest BCUT2D eigenvalue weighted by Crippen LogP contribution is 2.18. The molecule has 1 atom stereocenters. The zero-order chi connectivity index (χ0) is 9.97. The summed E-state index contributed by atoms with van der Waals surface area (Å²) in [7, 11) is 0. The fourth-order valence-electron chi connectivity index (χ4n) is 1.47. The van der Waals surface area contributed by atoms with E-state index in [-0.39, 0.29) is 12.3 Å². The van der Waals surface area contributed by atoms with Gasteiger partial charge in [-0.05, 0) is 24.3 Å². The highest BCUT2D eigenvalue weighted by atomic mass is 16.3. The van der Waals surface area contributed by atoms with Crippen LogP contribution in [0.1, 0.15) is 0 Å². The van der Waals surface area contributed by atoms with Crippen molar-refractivity contribution in [3.8, 4) is 0 Å². The third-order valence-corrected chi connectivity index (χ3v) is 2.19. The van der Waals surface area contributed by atoms with Gasteiger partial charge in [0, 0.05) is 5.69 Å². The lowest BCUT2D eigenvalue weighted by Gasteiger charge is -2.29. The minimum Gasteiger partial charge on any atom is -0.370 e. The predicted molar refractivity (Wildman–Crippen MR) is 53.9 cm³/mol. The molecule has 1 aliphatic heterocycles. The highest BCUT2D eigenvalue weighted by molar-refractivity contribution is 5.95. The largest absolute Gasteiger partial charge is 0.370 e. The van der Waals surface area contributed by atoms with Gasteiger partial charge in [-0.2, -0.15) is 0 Å². The summed E-state index contributed by atoms with van der Waals surface area (Å²) in [5, 5.41) is 9.63. The molecule has 0 amide bonds. The Morgan fingerprint density at radius 1 is 1.29 bits per heavy atom. The number of aliphatic hydroxyl groups is 1. The van der Waals surface area contributed by atoms with E-state index in [4.69, 9.17) is 0 Å². The summed E-state index contributed by atoms with van der Waals surface area (Å²) in [6.45, 7) is 0.238. The number of hydrogen-bond donors (Lipinski definition) is 1. The molecular weight excluding hydrogens is 178 g/mol. The lowest BCUT2D eigenvalue weighted by molar-refractivity contribution is -0.114. The van der Waals surface area contributed by atoms with E-state index in [1.807, 2.05) is 30.3 Å². The normalized spacial score (nSPS) is 21.4. The van der Waals surface area contributed by atoms with Crippen molar-refractivity contribution in [2.75, 3.05) is 11.4 Å². The van der Waals surface area contributed by atoms with Crippen molar-refractivity contribution in [2.45, 2.75) is 6.23 Å². The van der Waals surface area contributed by atoms with Gasteiger partial charge in [0.05, 0.1) is 6.54 Å². The minimum atomic E-state index is -0.699. The van der Waals surface area contributed by atoms with Crippen LogP contribution in [0, 0.1) is 0 Å². The third kappa shape index (κ3) is 1.67. The van der Waals surface area contributed by atoms with Crippen LogP contribution in [0.3, 0.4) is 0 Å². The van der Waals surface area contributed by atoms with Gasteiger partial charge in [-0.3, -0.25) is 4.79 Å². The zero-order valence-electron chi connectivity index (χ0n) is 7.63. The highest BCUT2D eigenvalue weighted by Gasteiger charge is 2.19. The van der Waals surface area contributed by atoms with Crippen LogP contribution in [0.4, 0.5) is 5.69 Å². The first-order chi connectivity index (χ1) is 6.77. The van der Waals surface area contributed by atoms with E-state index in [1.165, 1.54) is 12.2 Å². The number of carbonyl (C=O) groups excluding carboxylic acids is 1. The maximum Gasteiger partial charge on any atom is 0.174 e. The molecule has 0 saturated carbocycles. The molecule has 0 fully saturated rings. The van der Waals surface area contributed by atoms with Gasteiger partial charge in [-0.15, -0.1) is 0 Å². The Morgan fingerprint density at radius 3 is 2.71 bits per heavy atom. The Hall–Kier alpha value is -1.61. The van der Waals surface area contributed by atoms with Gasteiger partial charge in [0.15, 0.2) is 5.78 Å². The zero-order valence-corrected chi connectivity index (χ0v) is 7.63. The lowest BCUT2D eigenvalue weighted by atomic mass is 10.2. The van der Waals surface area contributed by atoms with Crippen LogP contribution in [0.5, 0.6) is 0 Å². The van der Waals surface area contributed by atoms with Gasteiger partial charge >= 0.3 is 0 Å². The number of rotatable bonds is 1. The smallest absolute Gasteiger partial charge is 0.174 e. The molecule has 0 aliphatic carbocycles. The quantitative estimate of drug-likeness (QED) is 0.715. The maximum absolute atomic E-state index is 11.2. The van der Waals surface area contributed by atoms with Gasteiger partial charge in [0.25, 0.3) is 0 Å². The molecule has 1 aromatic carbocycles. The van der Waals surface area contributed by atoms with E-state index in [0.29, 0.717) is 0 Å². The van der Waals surface area contributed by atoms with Crippen molar-refractivity contribution in [3.63, 3.8) is 0 Å². The van der Waals surface area contributed by atoms with E-state index in [0.717, 1.165) is 5.69 Å². The topological polar surface area (TPSA) is 40.5 Å². The van der Waals surface area contributed by atoms with Crippen molar-refractivity contribution in [3.05, 3.63) is 42.5 Å². The van der Waals surface area contributed by atoms with Crippen LogP contribution in [-0.2, 0) is 4.79 Å². The Morgan fingerprint density at radius 2 is 2.00 bits per heavy atom. The fourth-order valence-corrected chi connectivity index (χ4v) is 1.47. The van der Waals surface area contributed by atoms with Crippen LogP contribution in [-0.4, -0.2) is 23.7 Å². The molecule has 0 radical (unpaired) electrons. The van der Waals surface area contributed by atoms with Crippen molar-refractivity contribution in [1.29, 1.82) is 0 Å². The van der Waals surface area contributed by atoms with Gasteiger partial charge in [-0.25, -0.2) is 0 Å². The molecular formula is C11H11NO2. The second kappa shape index (κ2) is 3.64. The van der Waals surface area contributed by atoms with E-state index >= 15 is 0 Å². The Labute approximate surface area is 82.3 Å². The summed E-state index contributed by atoms with van der Waals surface area (Å²) >= 11 is 0. The van der Waals surface area contributed by atoms with Gasteiger partial charge in [-0.1, -0.05) is 18.2 Å². The Balaban J connectivity index is 2.27. The van der Waals surface area contributed by atoms with Crippen molar-refractivity contribution < 1.29 is 9.90 Å². The summed E-state index contributed by atoms with van der Waals surface area (Å²) in [6, 6.07) is 9.40. The molecule has 3 nitrogen and oxygen atoms in total. The first-order valence-electron chi connectivity index (χ1n) is 4.48. The van der Waals surface area contributed by atoms with E-state index in [2.05, 4.69) is 0 Å². The number of carbonyl (C=O) groups is 1. The second-order valence-electron chi connectivity index (χ2n) is 3.20. The molecule has 3 heteroatoms. The summed E-state index contributed by atoms with van der Waals surface area (Å²) < 4.78 is 0. The van der Waals surface area contributed by atoms with Crippen molar-refractivity contribution in [2.24, 2.45) is 0 Å². The number of nitrogens with zero attached hydrogens (tertiary/aromatic N) is 1. The number of benzene rings is 1. The number of para-hydroxylation sites is 1. The number of aliphatic hydroxyl groups excluding tert-OH is 1. The van der Waals surface area contributed by atoms with Crippen LogP contribution in [0.15, 0.2) is 42.5 Å². The van der Waals surface area contributed by atoms with Crippen molar-refractivity contribution >= 4 is 11.5 Å². The first kappa shape index (κ1) is 8.97. The molecule has 1 heterocycles. The molecule has 1 unspecified atom stereocenters. The predicted octanol–water partition coefficient (Wildman–Crippen LogP) is 0.950. The van der Waals surface area contributed by atoms with Gasteiger partial charge in [0.2, 0.25) is 0 Å². The summed E-state index contributed by atoms with van der Waals surface area (Å²) in [6.07, 6.45) is 2.22. The number of anilines is 1. The SMILES string of the molecule is O=C1C=CC(O)N(c2ccccc2)C1. The molecule has 1 N–H and O–H groups in total. The fraction of sp³-hybridized carbons (Fsp3) is 0.182. The average Bonchev–Trinajstić information content (AvgIpc) is 2.23. The monoisotopic (exact) mass is 189 g/mol. The summed E-state index contributed by atoms with van der Waals surface area (Å²) in [5.41, 5.74) is 0.859. The van der Waals surface area contributed by atoms with E-state index < -0.39 is 6.23 Å². The summed E-state index contributed by atoms with van der Waals surface area (Å²) in [4.78, 5) is 12.8. The van der Waals surface area contributed by atoms with Gasteiger partial charge < -0.3 is 10.0 Å². The van der Waals surface area contributed by atoms with E-state index in [1.54, 1.807) is 4.90 Å². The molecule has 0 saturated heterocycles. The molecule has 14 heavy (non-hydrogen) atoms. The average molecular weight is 189 g/mol. The first-order valence-corrected chi connectivity index (χ1v) is 4.48. The molecule has 1 aliphatic rings. The van der Waals surface area contributed by atoms with Crippen molar-refractivity contribution in [1.82, 2.24) is 0 Å².